The second kappa shape index (κ2) is 6.84. The van der Waals surface area contributed by atoms with E-state index in [2.05, 4.69) is 25.6 Å². The van der Waals surface area contributed by atoms with Crippen molar-refractivity contribution >= 4 is 17.4 Å². The van der Waals surface area contributed by atoms with Gasteiger partial charge >= 0.3 is 0 Å². The largest absolute Gasteiger partial charge is 0.304 e. The number of amides is 1. The SMILES string of the molecule is Cc1nn(C)c(C)c1-c1ccnc2cc(C(=O)Nc3cc(C)n(C(C)C)n3)nn12. The summed E-state index contributed by atoms with van der Waals surface area (Å²) in [6.45, 7) is 10.0. The van der Waals surface area contributed by atoms with Crippen molar-refractivity contribution in [3.63, 3.8) is 0 Å². The summed E-state index contributed by atoms with van der Waals surface area (Å²) < 4.78 is 5.39. The summed E-state index contributed by atoms with van der Waals surface area (Å²) in [5.74, 6) is 0.180. The molecule has 9 nitrogen and oxygen atoms in total. The average molecular weight is 392 g/mol. The molecule has 29 heavy (non-hydrogen) atoms. The van der Waals surface area contributed by atoms with Gasteiger partial charge in [0.2, 0.25) is 0 Å². The first-order chi connectivity index (χ1) is 13.8. The number of carbonyl (C=O) groups excluding carboxylic acids is 1. The molecule has 0 radical (unpaired) electrons. The van der Waals surface area contributed by atoms with Gasteiger partial charge in [0.1, 0.15) is 0 Å². The van der Waals surface area contributed by atoms with Crippen LogP contribution in [0.25, 0.3) is 16.9 Å². The summed E-state index contributed by atoms with van der Waals surface area (Å²) in [4.78, 5) is 17.1. The first-order valence-corrected chi connectivity index (χ1v) is 9.49. The van der Waals surface area contributed by atoms with Gasteiger partial charge in [-0.1, -0.05) is 0 Å². The Morgan fingerprint density at radius 1 is 1.10 bits per heavy atom. The average Bonchev–Trinajstić information content (AvgIpc) is 3.31. The molecule has 4 heterocycles. The molecule has 0 spiro atoms. The Labute approximate surface area is 168 Å². The third kappa shape index (κ3) is 3.18. The van der Waals surface area contributed by atoms with Crippen molar-refractivity contribution in [1.29, 1.82) is 0 Å². The number of anilines is 1. The monoisotopic (exact) mass is 392 g/mol. The molecule has 0 aliphatic rings. The fraction of sp³-hybridized carbons (Fsp3) is 0.350. The maximum atomic E-state index is 12.8. The van der Waals surface area contributed by atoms with Crippen LogP contribution >= 0.6 is 0 Å². The molecular formula is C20H24N8O. The zero-order chi connectivity index (χ0) is 20.9. The maximum Gasteiger partial charge on any atom is 0.277 e. The zero-order valence-electron chi connectivity index (χ0n) is 17.4. The molecule has 4 rings (SSSR count). The lowest BCUT2D eigenvalue weighted by atomic mass is 10.1. The lowest BCUT2D eigenvalue weighted by Crippen LogP contribution is -2.14. The van der Waals surface area contributed by atoms with Crippen LogP contribution < -0.4 is 5.32 Å². The highest BCUT2D eigenvalue weighted by Crippen LogP contribution is 2.26. The first-order valence-electron chi connectivity index (χ1n) is 9.49. The van der Waals surface area contributed by atoms with E-state index in [1.165, 1.54) is 0 Å². The molecule has 0 aromatic carbocycles. The number of rotatable bonds is 4. The Balaban J connectivity index is 1.71. The lowest BCUT2D eigenvalue weighted by Gasteiger charge is -2.06. The van der Waals surface area contributed by atoms with Gasteiger partial charge < -0.3 is 5.32 Å². The van der Waals surface area contributed by atoms with E-state index in [1.54, 1.807) is 16.8 Å². The van der Waals surface area contributed by atoms with Crippen molar-refractivity contribution in [2.75, 3.05) is 5.32 Å². The molecule has 150 valence electrons. The van der Waals surface area contributed by atoms with Crippen molar-refractivity contribution in [2.24, 2.45) is 7.05 Å². The van der Waals surface area contributed by atoms with Crippen molar-refractivity contribution in [3.05, 3.63) is 47.2 Å². The predicted molar refractivity (Wildman–Crippen MR) is 110 cm³/mol. The van der Waals surface area contributed by atoms with E-state index in [0.717, 1.165) is 28.3 Å². The van der Waals surface area contributed by atoms with Gasteiger partial charge in [-0.3, -0.25) is 14.2 Å². The first kappa shape index (κ1) is 18.9. The molecule has 0 aliphatic carbocycles. The number of hydrogen-bond acceptors (Lipinski definition) is 5. The highest BCUT2D eigenvalue weighted by molar-refractivity contribution is 6.03. The quantitative estimate of drug-likeness (QED) is 0.576. The van der Waals surface area contributed by atoms with Gasteiger partial charge in [0.25, 0.3) is 5.91 Å². The van der Waals surface area contributed by atoms with Gasteiger partial charge in [-0.15, -0.1) is 0 Å². The minimum Gasteiger partial charge on any atom is -0.304 e. The smallest absolute Gasteiger partial charge is 0.277 e. The van der Waals surface area contributed by atoms with Crippen molar-refractivity contribution in [1.82, 2.24) is 34.2 Å². The van der Waals surface area contributed by atoms with Crippen LogP contribution in [0.2, 0.25) is 0 Å². The van der Waals surface area contributed by atoms with Gasteiger partial charge in [-0.25, -0.2) is 9.50 Å². The van der Waals surface area contributed by atoms with Gasteiger partial charge in [-0.2, -0.15) is 15.3 Å². The Bertz CT molecular complexity index is 1230. The Morgan fingerprint density at radius 3 is 2.48 bits per heavy atom. The second-order valence-corrected chi connectivity index (χ2v) is 7.46. The molecule has 0 fully saturated rings. The molecule has 4 aromatic rings. The molecule has 0 saturated carbocycles. The van der Waals surface area contributed by atoms with E-state index < -0.39 is 0 Å². The third-order valence-corrected chi connectivity index (χ3v) is 5.01. The minimum atomic E-state index is -0.325. The van der Waals surface area contributed by atoms with E-state index in [0.29, 0.717) is 11.5 Å². The Hall–Kier alpha value is -3.49. The summed E-state index contributed by atoms with van der Waals surface area (Å²) in [7, 11) is 1.91. The van der Waals surface area contributed by atoms with Crippen LogP contribution in [-0.2, 0) is 7.05 Å². The summed E-state index contributed by atoms with van der Waals surface area (Å²) in [6, 6.07) is 5.62. The van der Waals surface area contributed by atoms with Crippen LogP contribution in [0, 0.1) is 20.8 Å². The molecule has 1 amide bonds. The second-order valence-electron chi connectivity index (χ2n) is 7.46. The lowest BCUT2D eigenvalue weighted by molar-refractivity contribution is 0.102. The van der Waals surface area contributed by atoms with Gasteiger partial charge in [0, 0.05) is 48.4 Å². The topological polar surface area (TPSA) is 94.9 Å². The summed E-state index contributed by atoms with van der Waals surface area (Å²) in [6.07, 6.45) is 1.72. The molecule has 0 bridgehead atoms. The van der Waals surface area contributed by atoms with E-state index in [9.17, 15) is 4.79 Å². The zero-order valence-corrected chi connectivity index (χ0v) is 17.4. The number of aromatic nitrogens is 7. The standard InChI is InChI=1S/C20H24N8O/c1-11(2)27-12(3)9-17(25-27)22-20(29)15-10-18-21-8-7-16(28(18)24-15)19-13(4)23-26(6)14(19)5/h7-11H,1-6H3,(H,22,25,29). The van der Waals surface area contributed by atoms with E-state index in [-0.39, 0.29) is 17.6 Å². The summed E-state index contributed by atoms with van der Waals surface area (Å²) in [5.41, 5.74) is 5.61. The van der Waals surface area contributed by atoms with E-state index >= 15 is 0 Å². The van der Waals surface area contributed by atoms with Gasteiger partial charge in [0.15, 0.2) is 17.2 Å². The predicted octanol–water partition coefficient (Wildman–Crippen LogP) is 3.08. The molecule has 0 atom stereocenters. The number of nitrogens with one attached hydrogen (secondary N) is 1. The molecule has 0 unspecified atom stereocenters. The van der Waals surface area contributed by atoms with Crippen LogP contribution in [0.1, 0.15) is 47.5 Å². The third-order valence-electron chi connectivity index (χ3n) is 5.01. The van der Waals surface area contributed by atoms with Gasteiger partial charge in [-0.05, 0) is 40.7 Å². The van der Waals surface area contributed by atoms with Crippen LogP contribution in [0.4, 0.5) is 5.82 Å². The number of nitrogens with zero attached hydrogens (tertiary/aromatic N) is 7. The maximum absolute atomic E-state index is 12.8. The molecule has 1 N–H and O–H groups in total. The molecular weight excluding hydrogens is 368 g/mol. The fourth-order valence-corrected chi connectivity index (χ4v) is 3.59. The molecule has 9 heteroatoms. The number of carbonyl (C=O) groups is 1. The van der Waals surface area contributed by atoms with Crippen molar-refractivity contribution < 1.29 is 4.79 Å². The Kier molecular flexibility index (Phi) is 4.45. The van der Waals surface area contributed by atoms with Crippen molar-refractivity contribution in [3.8, 4) is 11.3 Å². The van der Waals surface area contributed by atoms with Crippen molar-refractivity contribution in [2.45, 2.75) is 40.7 Å². The minimum absolute atomic E-state index is 0.216. The molecule has 0 aliphatic heterocycles. The normalized spacial score (nSPS) is 11.6. The van der Waals surface area contributed by atoms with Crippen LogP contribution in [0.3, 0.4) is 0 Å². The molecule has 0 saturated heterocycles. The van der Waals surface area contributed by atoms with Crippen LogP contribution in [0.15, 0.2) is 24.4 Å². The summed E-state index contributed by atoms with van der Waals surface area (Å²) in [5, 5.41) is 16.3. The van der Waals surface area contributed by atoms with Crippen LogP contribution in [0.5, 0.6) is 0 Å². The highest BCUT2D eigenvalue weighted by atomic mass is 16.2. The van der Waals surface area contributed by atoms with E-state index in [1.807, 2.05) is 63.2 Å². The highest BCUT2D eigenvalue weighted by Gasteiger charge is 2.19. The van der Waals surface area contributed by atoms with Crippen LogP contribution in [-0.4, -0.2) is 40.1 Å². The fourth-order valence-electron chi connectivity index (χ4n) is 3.59. The van der Waals surface area contributed by atoms with Gasteiger partial charge in [0.05, 0.1) is 11.4 Å². The summed E-state index contributed by atoms with van der Waals surface area (Å²) >= 11 is 0. The molecule has 4 aromatic heterocycles. The van der Waals surface area contributed by atoms with E-state index in [4.69, 9.17) is 0 Å². The number of fused-ring (bicyclic) bond motifs is 1. The Morgan fingerprint density at radius 2 is 1.86 bits per heavy atom. The number of hydrogen-bond donors (Lipinski definition) is 1. The number of aryl methyl sites for hydroxylation is 3.